The van der Waals surface area contributed by atoms with Crippen molar-refractivity contribution in [3.05, 3.63) is 103 Å². The number of benzene rings is 4. The lowest BCUT2D eigenvalue weighted by Crippen LogP contribution is -2.45. The molecule has 1 aliphatic rings. The highest BCUT2D eigenvalue weighted by Crippen LogP contribution is 2.42. The molecule has 0 bridgehead atoms. The summed E-state index contributed by atoms with van der Waals surface area (Å²) in [6.07, 6.45) is 0. The van der Waals surface area contributed by atoms with E-state index < -0.39 is 13.7 Å². The summed E-state index contributed by atoms with van der Waals surface area (Å²) in [5.41, 5.74) is 0.643. The van der Waals surface area contributed by atoms with E-state index in [1.165, 1.54) is 27.1 Å². The van der Waals surface area contributed by atoms with Crippen LogP contribution in [-0.4, -0.2) is 24.5 Å². The highest BCUT2D eigenvalue weighted by Gasteiger charge is 2.37. The second-order valence-corrected chi connectivity index (χ2v) is 10.2. The fraction of sp³-hybridized carbons (Fsp3) is 0.179. The zero-order chi connectivity index (χ0) is 22.0. The molecule has 0 saturated carbocycles. The molecule has 1 heterocycles. The first-order valence-corrected chi connectivity index (χ1v) is 12.3. The third-order valence-electron chi connectivity index (χ3n) is 5.74. The summed E-state index contributed by atoms with van der Waals surface area (Å²) in [5, 5.41) is 4.90. The Kier molecular flexibility index (Phi) is 5.78. The summed E-state index contributed by atoms with van der Waals surface area (Å²) in [4.78, 5) is 7.28. The highest BCUT2D eigenvalue weighted by molar-refractivity contribution is 7.68. The Hall–Kier alpha value is -3.00. The Bertz CT molecular complexity index is 1190. The molecule has 0 atom stereocenters. The van der Waals surface area contributed by atoms with Gasteiger partial charge >= 0.3 is 0 Å². The van der Waals surface area contributed by atoms with Gasteiger partial charge in [-0.2, -0.15) is 0 Å². The molecule has 0 spiro atoms. The highest BCUT2D eigenvalue weighted by atomic mass is 31.1. The predicted octanol–water partition coefficient (Wildman–Crippen LogP) is 5.90. The van der Waals surface area contributed by atoms with Crippen LogP contribution in [0.1, 0.15) is 13.8 Å². The van der Waals surface area contributed by atoms with E-state index in [0.29, 0.717) is 0 Å². The molecule has 4 aromatic rings. The lowest BCUT2D eigenvalue weighted by atomic mass is 10.0. The maximum absolute atomic E-state index is 6.95. The number of hydrogen-bond acceptors (Lipinski definition) is 3. The summed E-state index contributed by atoms with van der Waals surface area (Å²) in [6.45, 7) is 5.94. The summed E-state index contributed by atoms with van der Waals surface area (Å²) >= 11 is 0. The Morgan fingerprint density at radius 2 is 1.34 bits per heavy atom. The van der Waals surface area contributed by atoms with Gasteiger partial charge < -0.3 is 9.42 Å². The van der Waals surface area contributed by atoms with Gasteiger partial charge in [-0.25, -0.2) is 0 Å². The van der Waals surface area contributed by atoms with Crippen molar-refractivity contribution in [2.45, 2.75) is 19.4 Å². The van der Waals surface area contributed by atoms with Gasteiger partial charge in [-0.15, -0.1) is 0 Å². The minimum atomic E-state index is -0.985. The number of aliphatic imine (C=N–C) groups is 1. The lowest BCUT2D eigenvalue weighted by Gasteiger charge is -2.35. The van der Waals surface area contributed by atoms with Crippen molar-refractivity contribution in [3.63, 3.8) is 0 Å². The molecular weight excluding hydrogens is 411 g/mol. The van der Waals surface area contributed by atoms with Gasteiger partial charge in [0.05, 0.1) is 20.4 Å². The summed E-state index contributed by atoms with van der Waals surface area (Å²) < 4.78 is 6.95. The van der Waals surface area contributed by atoms with E-state index in [9.17, 15) is 0 Å². The largest absolute Gasteiger partial charge is 0.336 e. The average Bonchev–Trinajstić information content (AvgIpc) is 3.34. The normalized spacial score (nSPS) is 14.2. The monoisotopic (exact) mass is 438 g/mol. The van der Waals surface area contributed by atoms with E-state index in [1.54, 1.807) is 0 Å². The molecule has 4 aromatic carbocycles. The van der Waals surface area contributed by atoms with Gasteiger partial charge in [0.2, 0.25) is 0 Å². The summed E-state index contributed by atoms with van der Waals surface area (Å²) in [5.74, 6) is 0.994. The van der Waals surface area contributed by atoms with Crippen LogP contribution in [0.4, 0.5) is 5.69 Å². The Labute approximate surface area is 191 Å². The van der Waals surface area contributed by atoms with Gasteiger partial charge in [0.15, 0.2) is 0 Å². The number of fused-ring (bicyclic) bond motifs is 1. The van der Waals surface area contributed by atoms with Gasteiger partial charge in [0.25, 0.3) is 0 Å². The Morgan fingerprint density at radius 1 is 0.750 bits per heavy atom. The van der Waals surface area contributed by atoms with Crippen molar-refractivity contribution >= 4 is 41.1 Å². The maximum Gasteiger partial charge on any atom is 0.136 e. The van der Waals surface area contributed by atoms with E-state index in [4.69, 9.17) is 9.52 Å². The van der Waals surface area contributed by atoms with Gasteiger partial charge in [-0.05, 0) is 25.3 Å². The van der Waals surface area contributed by atoms with Crippen LogP contribution in [0.15, 0.2) is 108 Å². The van der Waals surface area contributed by atoms with Crippen LogP contribution in [0.5, 0.6) is 0 Å². The fourth-order valence-electron chi connectivity index (χ4n) is 4.29. The third kappa shape index (κ3) is 4.07. The molecule has 4 heteroatoms. The minimum Gasteiger partial charge on any atom is -0.336 e. The van der Waals surface area contributed by atoms with Crippen LogP contribution in [0, 0.1) is 0 Å². The SMILES string of the molecule is CC(C)(OP(c1ccccc1)c1ccccc1)C1=NCCN1c1cccc2ccccc12. The number of hydrogen-bond donors (Lipinski definition) is 0. The average molecular weight is 439 g/mol. The molecule has 1 aliphatic heterocycles. The molecule has 0 saturated heterocycles. The molecule has 5 rings (SSSR count). The lowest BCUT2D eigenvalue weighted by molar-refractivity contribution is 0.210. The first kappa shape index (κ1) is 20.9. The van der Waals surface area contributed by atoms with E-state index in [0.717, 1.165) is 18.9 Å². The summed E-state index contributed by atoms with van der Waals surface area (Å²) in [6, 6.07) is 36.1. The minimum absolute atomic E-state index is 0.551. The number of rotatable bonds is 6. The predicted molar refractivity (Wildman–Crippen MR) is 138 cm³/mol. The molecule has 0 N–H and O–H groups in total. The zero-order valence-electron chi connectivity index (χ0n) is 18.5. The van der Waals surface area contributed by atoms with Crippen LogP contribution in [0.3, 0.4) is 0 Å². The van der Waals surface area contributed by atoms with Crippen LogP contribution in [0.2, 0.25) is 0 Å². The van der Waals surface area contributed by atoms with Gasteiger partial charge in [0, 0.05) is 22.5 Å². The maximum atomic E-state index is 6.95. The second-order valence-electron chi connectivity index (χ2n) is 8.42. The molecular formula is C28H27N2OP. The first-order valence-electron chi connectivity index (χ1n) is 11.0. The fourth-order valence-corrected chi connectivity index (χ4v) is 6.22. The van der Waals surface area contributed by atoms with Crippen LogP contribution >= 0.6 is 8.15 Å². The van der Waals surface area contributed by atoms with E-state index >= 15 is 0 Å². The molecule has 3 nitrogen and oxygen atoms in total. The number of anilines is 1. The number of nitrogens with zero attached hydrogens (tertiary/aromatic N) is 2. The third-order valence-corrected chi connectivity index (χ3v) is 7.91. The van der Waals surface area contributed by atoms with Crippen molar-refractivity contribution in [2.24, 2.45) is 4.99 Å². The standard InChI is InChI=1S/C28H27N2OP/c1-28(2,31-32(23-14-5-3-6-15-23)24-16-7-4-8-17-24)27-29-20-21-30(27)26-19-11-13-22-12-9-10-18-25(22)26/h3-19H,20-21H2,1-2H3. The van der Waals surface area contributed by atoms with Crippen molar-refractivity contribution in [1.29, 1.82) is 0 Å². The molecule has 160 valence electrons. The molecule has 0 amide bonds. The van der Waals surface area contributed by atoms with Gasteiger partial charge in [-0.3, -0.25) is 4.99 Å². The van der Waals surface area contributed by atoms with Crippen LogP contribution in [-0.2, 0) is 4.52 Å². The van der Waals surface area contributed by atoms with Crippen molar-refractivity contribution in [2.75, 3.05) is 18.0 Å². The molecule has 0 aliphatic carbocycles. The van der Waals surface area contributed by atoms with E-state index in [-0.39, 0.29) is 0 Å². The number of amidine groups is 1. The summed E-state index contributed by atoms with van der Waals surface area (Å²) in [7, 11) is -0.985. The van der Waals surface area contributed by atoms with E-state index in [2.05, 4.69) is 122 Å². The zero-order valence-corrected chi connectivity index (χ0v) is 19.4. The molecule has 0 fully saturated rings. The van der Waals surface area contributed by atoms with Crippen molar-refractivity contribution < 1.29 is 4.52 Å². The van der Waals surface area contributed by atoms with Crippen molar-refractivity contribution in [1.82, 2.24) is 0 Å². The quantitative estimate of drug-likeness (QED) is 0.350. The smallest absolute Gasteiger partial charge is 0.136 e. The molecule has 32 heavy (non-hydrogen) atoms. The Balaban J connectivity index is 1.51. The first-order chi connectivity index (χ1) is 15.6. The van der Waals surface area contributed by atoms with E-state index in [1.807, 2.05) is 0 Å². The van der Waals surface area contributed by atoms with Gasteiger partial charge in [-0.1, -0.05) is 97.1 Å². The van der Waals surface area contributed by atoms with Crippen LogP contribution < -0.4 is 15.5 Å². The molecule has 0 radical (unpaired) electrons. The van der Waals surface area contributed by atoms with Crippen molar-refractivity contribution in [3.8, 4) is 0 Å². The van der Waals surface area contributed by atoms with Crippen LogP contribution in [0.25, 0.3) is 10.8 Å². The molecule has 0 aromatic heterocycles. The Morgan fingerprint density at radius 3 is 2.03 bits per heavy atom. The molecule has 0 unspecified atom stereocenters. The van der Waals surface area contributed by atoms with Gasteiger partial charge in [0.1, 0.15) is 11.4 Å². The topological polar surface area (TPSA) is 24.8 Å². The second kappa shape index (κ2) is 8.86.